The van der Waals surface area contributed by atoms with Crippen molar-refractivity contribution in [1.82, 2.24) is 9.62 Å². The van der Waals surface area contributed by atoms with Gasteiger partial charge in [-0.3, -0.25) is 4.79 Å². The van der Waals surface area contributed by atoms with Gasteiger partial charge in [-0.2, -0.15) is 0 Å². The zero-order chi connectivity index (χ0) is 16.3. The zero-order valence-electron chi connectivity index (χ0n) is 12.5. The number of rotatable bonds is 8. The summed E-state index contributed by atoms with van der Waals surface area (Å²) in [4.78, 5) is 24.0. The summed E-state index contributed by atoms with van der Waals surface area (Å²) in [6.07, 6.45) is 0.473. The fourth-order valence-corrected chi connectivity index (χ4v) is 3.46. The maximum atomic E-state index is 12.1. The van der Waals surface area contributed by atoms with E-state index in [1.165, 1.54) is 11.8 Å². The van der Waals surface area contributed by atoms with E-state index < -0.39 is 34.2 Å². The molecule has 0 radical (unpaired) electrons. The van der Waals surface area contributed by atoms with Crippen molar-refractivity contribution < 1.29 is 27.9 Å². The van der Waals surface area contributed by atoms with Crippen LogP contribution < -0.4 is 4.72 Å². The minimum atomic E-state index is -3.45. The molecule has 1 unspecified atom stereocenters. The van der Waals surface area contributed by atoms with E-state index in [-0.39, 0.29) is 24.7 Å². The number of amides is 1. The molecular weight excluding hydrogens is 300 g/mol. The Morgan fingerprint density at radius 2 is 2.00 bits per heavy atom. The second-order valence-electron chi connectivity index (χ2n) is 5.49. The van der Waals surface area contributed by atoms with E-state index in [1.807, 2.05) is 0 Å². The lowest BCUT2D eigenvalue weighted by Crippen LogP contribution is -2.66. The van der Waals surface area contributed by atoms with Gasteiger partial charge in [0.2, 0.25) is 15.9 Å². The fourth-order valence-electron chi connectivity index (χ4n) is 2.17. The lowest BCUT2D eigenvalue weighted by molar-refractivity contribution is -0.174. The number of carboxylic acids is 1. The molecule has 0 spiro atoms. The van der Waals surface area contributed by atoms with E-state index in [1.54, 1.807) is 13.8 Å². The molecule has 0 bridgehead atoms. The van der Waals surface area contributed by atoms with Crippen molar-refractivity contribution in [3.05, 3.63) is 0 Å². The predicted octanol–water partition coefficient (Wildman–Crippen LogP) is -0.594. The van der Waals surface area contributed by atoms with Crippen molar-refractivity contribution in [2.45, 2.75) is 38.8 Å². The lowest BCUT2D eigenvalue weighted by atomic mass is 9.95. The van der Waals surface area contributed by atoms with Crippen LogP contribution in [0.1, 0.15) is 27.2 Å². The van der Waals surface area contributed by atoms with Crippen molar-refractivity contribution in [2.75, 3.05) is 25.4 Å². The SMILES string of the molecule is CCCS(=O)(=O)NC(C)C(=O)N1CC(C)(OCC(=O)O)C1. The fraction of sp³-hybridized carbons (Fsp3) is 0.833. The number of sulfonamides is 1. The second-order valence-corrected chi connectivity index (χ2v) is 7.36. The average molecular weight is 322 g/mol. The van der Waals surface area contributed by atoms with Gasteiger partial charge in [-0.05, 0) is 20.3 Å². The highest BCUT2D eigenvalue weighted by atomic mass is 32.2. The van der Waals surface area contributed by atoms with E-state index in [9.17, 15) is 18.0 Å². The van der Waals surface area contributed by atoms with Gasteiger partial charge >= 0.3 is 5.97 Å². The van der Waals surface area contributed by atoms with Crippen LogP contribution in [0.15, 0.2) is 0 Å². The standard InChI is InChI=1S/C12H22N2O6S/c1-4-5-21(18,19)13-9(2)11(17)14-7-12(3,8-14)20-6-10(15)16/h9,13H,4-8H2,1-3H3,(H,15,16). The van der Waals surface area contributed by atoms with Gasteiger partial charge in [-0.15, -0.1) is 0 Å². The van der Waals surface area contributed by atoms with E-state index in [4.69, 9.17) is 9.84 Å². The summed E-state index contributed by atoms with van der Waals surface area (Å²) in [6, 6.07) is -0.842. The Labute approximate surface area is 124 Å². The van der Waals surface area contributed by atoms with Crippen molar-refractivity contribution in [1.29, 1.82) is 0 Å². The molecule has 0 saturated carbocycles. The van der Waals surface area contributed by atoms with E-state index in [0.29, 0.717) is 6.42 Å². The monoisotopic (exact) mass is 322 g/mol. The molecule has 9 heteroatoms. The van der Waals surface area contributed by atoms with Gasteiger partial charge in [0.1, 0.15) is 12.2 Å². The Balaban J connectivity index is 2.46. The molecule has 0 aromatic rings. The van der Waals surface area contributed by atoms with Crippen molar-refractivity contribution in [3.8, 4) is 0 Å². The molecule has 0 aromatic carbocycles. The van der Waals surface area contributed by atoms with Crippen molar-refractivity contribution in [2.24, 2.45) is 0 Å². The summed E-state index contributed by atoms with van der Waals surface area (Å²) < 4.78 is 30.7. The van der Waals surface area contributed by atoms with Gasteiger partial charge in [-0.1, -0.05) is 6.92 Å². The van der Waals surface area contributed by atoms with Gasteiger partial charge in [-0.25, -0.2) is 17.9 Å². The van der Waals surface area contributed by atoms with Crippen LogP contribution in [-0.4, -0.2) is 67.4 Å². The molecule has 1 rings (SSSR count). The molecule has 0 aliphatic carbocycles. The Bertz CT molecular complexity index is 498. The summed E-state index contributed by atoms with van der Waals surface area (Å²) in [5.74, 6) is -1.43. The van der Waals surface area contributed by atoms with Gasteiger partial charge in [0, 0.05) is 0 Å². The van der Waals surface area contributed by atoms with Crippen molar-refractivity contribution in [3.63, 3.8) is 0 Å². The predicted molar refractivity (Wildman–Crippen MR) is 75.2 cm³/mol. The number of carboxylic acid groups (broad SMARTS) is 1. The largest absolute Gasteiger partial charge is 0.480 e. The molecular formula is C12H22N2O6S. The average Bonchev–Trinajstić information content (AvgIpc) is 2.31. The summed E-state index contributed by atoms with van der Waals surface area (Å²) in [6.45, 7) is 5.02. The Hall–Kier alpha value is -1.19. The minimum Gasteiger partial charge on any atom is -0.480 e. The minimum absolute atomic E-state index is 0.0238. The number of nitrogens with one attached hydrogen (secondary N) is 1. The number of hydrogen-bond donors (Lipinski definition) is 2. The number of likely N-dealkylation sites (tertiary alicyclic amines) is 1. The van der Waals surface area contributed by atoms with Gasteiger partial charge in [0.15, 0.2) is 0 Å². The Morgan fingerprint density at radius 3 is 2.48 bits per heavy atom. The van der Waals surface area contributed by atoms with Crippen molar-refractivity contribution >= 4 is 21.9 Å². The first-order valence-electron chi connectivity index (χ1n) is 6.73. The molecule has 1 fully saturated rings. The van der Waals surface area contributed by atoms with Gasteiger partial charge in [0.25, 0.3) is 0 Å². The molecule has 2 N–H and O–H groups in total. The molecule has 1 amide bonds. The maximum absolute atomic E-state index is 12.1. The van der Waals surface area contributed by atoms with Crippen LogP contribution in [0.4, 0.5) is 0 Å². The summed E-state index contributed by atoms with van der Waals surface area (Å²) in [7, 11) is -3.45. The smallest absolute Gasteiger partial charge is 0.329 e. The summed E-state index contributed by atoms with van der Waals surface area (Å²) in [5.41, 5.74) is -0.684. The highest BCUT2D eigenvalue weighted by Gasteiger charge is 2.44. The Morgan fingerprint density at radius 1 is 1.43 bits per heavy atom. The first-order chi connectivity index (χ1) is 9.58. The third-order valence-electron chi connectivity index (χ3n) is 3.11. The quantitative estimate of drug-likeness (QED) is 0.617. The molecule has 122 valence electrons. The third kappa shape index (κ3) is 5.25. The van der Waals surface area contributed by atoms with Gasteiger partial charge < -0.3 is 14.7 Å². The van der Waals surface area contributed by atoms with Gasteiger partial charge in [0.05, 0.1) is 24.9 Å². The van der Waals surface area contributed by atoms with Crippen LogP contribution in [0, 0.1) is 0 Å². The van der Waals surface area contributed by atoms with Crippen LogP contribution in [0.2, 0.25) is 0 Å². The topological polar surface area (TPSA) is 113 Å². The first-order valence-corrected chi connectivity index (χ1v) is 8.38. The van der Waals surface area contributed by atoms with Crippen LogP contribution in [0.5, 0.6) is 0 Å². The van der Waals surface area contributed by atoms with Crippen LogP contribution in [-0.2, 0) is 24.3 Å². The number of carbonyl (C=O) groups excluding carboxylic acids is 1. The molecule has 8 nitrogen and oxygen atoms in total. The van der Waals surface area contributed by atoms with E-state index in [2.05, 4.69) is 4.72 Å². The number of aliphatic carboxylic acids is 1. The number of carbonyl (C=O) groups is 2. The Kier molecular flexibility index (Phi) is 5.71. The molecule has 1 saturated heterocycles. The van der Waals surface area contributed by atoms with Crippen LogP contribution in [0.25, 0.3) is 0 Å². The highest BCUT2D eigenvalue weighted by Crippen LogP contribution is 2.25. The third-order valence-corrected chi connectivity index (χ3v) is 4.76. The first kappa shape index (κ1) is 17.9. The number of nitrogens with zero attached hydrogens (tertiary/aromatic N) is 1. The summed E-state index contributed by atoms with van der Waals surface area (Å²) >= 11 is 0. The molecule has 1 aliphatic rings. The zero-order valence-corrected chi connectivity index (χ0v) is 13.3. The lowest BCUT2D eigenvalue weighted by Gasteiger charge is -2.48. The van der Waals surface area contributed by atoms with E-state index in [0.717, 1.165) is 0 Å². The number of ether oxygens (including phenoxy) is 1. The molecule has 1 atom stereocenters. The molecule has 21 heavy (non-hydrogen) atoms. The molecule has 1 heterocycles. The molecule has 1 aliphatic heterocycles. The highest BCUT2D eigenvalue weighted by molar-refractivity contribution is 7.89. The maximum Gasteiger partial charge on any atom is 0.329 e. The summed E-state index contributed by atoms with van der Waals surface area (Å²) in [5, 5.41) is 8.56. The normalized spacial score (nSPS) is 18.9. The molecule has 0 aromatic heterocycles. The van der Waals surface area contributed by atoms with Crippen LogP contribution in [0.3, 0.4) is 0 Å². The van der Waals surface area contributed by atoms with Crippen LogP contribution >= 0.6 is 0 Å². The number of hydrogen-bond acceptors (Lipinski definition) is 5. The van der Waals surface area contributed by atoms with E-state index >= 15 is 0 Å². The second kappa shape index (κ2) is 6.71.